The van der Waals surface area contributed by atoms with Gasteiger partial charge in [0, 0.05) is 22.5 Å². The number of rotatable bonds is 8. The van der Waals surface area contributed by atoms with Crippen molar-refractivity contribution in [3.05, 3.63) is 65.4 Å². The molecular weight excluding hydrogens is 354 g/mol. The molecule has 2 aromatic carbocycles. The lowest BCUT2D eigenvalue weighted by Crippen LogP contribution is -1.90. The number of unbranched alkanes of at least 4 members (excludes halogenated alkanes) is 5. The summed E-state index contributed by atoms with van der Waals surface area (Å²) in [4.78, 5) is 4.78. The Labute approximate surface area is 174 Å². The van der Waals surface area contributed by atoms with Crippen LogP contribution >= 0.6 is 0 Å². The minimum Gasteiger partial charge on any atom is -0.455 e. The van der Waals surface area contributed by atoms with Gasteiger partial charge in [0.2, 0.25) is 0 Å². The highest BCUT2D eigenvalue weighted by Gasteiger charge is 2.15. The van der Waals surface area contributed by atoms with Gasteiger partial charge in [-0.3, -0.25) is 4.98 Å². The van der Waals surface area contributed by atoms with Crippen molar-refractivity contribution in [2.24, 2.45) is 0 Å². The summed E-state index contributed by atoms with van der Waals surface area (Å²) in [5.74, 6) is 0. The first kappa shape index (κ1) is 19.7. The Bertz CT molecular complexity index is 1110. The Kier molecular flexibility index (Phi) is 5.99. The van der Waals surface area contributed by atoms with Gasteiger partial charge in [0.05, 0.1) is 5.69 Å². The van der Waals surface area contributed by atoms with Crippen LogP contribution in [-0.2, 0) is 6.42 Å². The topological polar surface area (TPSA) is 26.0 Å². The van der Waals surface area contributed by atoms with Crippen molar-refractivity contribution in [1.29, 1.82) is 0 Å². The van der Waals surface area contributed by atoms with E-state index in [2.05, 4.69) is 63.2 Å². The fraction of sp³-hybridized carbons (Fsp3) is 0.370. The lowest BCUT2D eigenvalue weighted by Gasteiger charge is -2.06. The minimum absolute atomic E-state index is 0.945. The molecule has 2 aromatic heterocycles. The Morgan fingerprint density at radius 1 is 0.862 bits per heavy atom. The van der Waals surface area contributed by atoms with Crippen LogP contribution in [0.5, 0.6) is 0 Å². The molecule has 4 rings (SSSR count). The third-order valence-electron chi connectivity index (χ3n) is 5.90. The summed E-state index contributed by atoms with van der Waals surface area (Å²) in [5, 5.41) is 2.40. The van der Waals surface area contributed by atoms with Gasteiger partial charge in [-0.05, 0) is 62.1 Å². The van der Waals surface area contributed by atoms with Crippen LogP contribution in [0.4, 0.5) is 0 Å². The molecular formula is C27H31NO. The highest BCUT2D eigenvalue weighted by Crippen LogP contribution is 2.37. The van der Waals surface area contributed by atoms with Gasteiger partial charge in [0.25, 0.3) is 0 Å². The van der Waals surface area contributed by atoms with E-state index in [1.54, 1.807) is 0 Å². The maximum atomic E-state index is 6.28. The molecule has 4 aromatic rings. The van der Waals surface area contributed by atoms with Gasteiger partial charge in [-0.25, -0.2) is 0 Å². The second-order valence-electron chi connectivity index (χ2n) is 8.31. The number of hydrogen-bond acceptors (Lipinski definition) is 2. The quantitative estimate of drug-likeness (QED) is 0.286. The number of nitrogens with zero attached hydrogens (tertiary/aromatic N) is 1. The van der Waals surface area contributed by atoms with E-state index < -0.39 is 0 Å². The van der Waals surface area contributed by atoms with Gasteiger partial charge >= 0.3 is 0 Å². The Morgan fingerprint density at radius 2 is 1.69 bits per heavy atom. The predicted octanol–water partition coefficient (Wildman–Crippen LogP) is 8.17. The van der Waals surface area contributed by atoms with Gasteiger partial charge in [-0.15, -0.1) is 0 Å². The first-order valence-corrected chi connectivity index (χ1v) is 11.0. The standard InChI is InChI=1S/C27H31NO/c1-4-5-6-7-8-9-10-21-13-15-24(28-18-21)22-14-12-20(3)26-23-17-19(2)11-16-25(23)29-27(22)26/h11-18H,4-10H2,1-3H3. The predicted molar refractivity (Wildman–Crippen MR) is 124 cm³/mol. The molecule has 29 heavy (non-hydrogen) atoms. The van der Waals surface area contributed by atoms with E-state index in [1.165, 1.54) is 66.0 Å². The second kappa shape index (κ2) is 8.82. The van der Waals surface area contributed by atoms with Crippen LogP contribution in [0.3, 0.4) is 0 Å². The van der Waals surface area contributed by atoms with Crippen LogP contribution < -0.4 is 0 Å². The Balaban J connectivity index is 1.57. The summed E-state index contributed by atoms with van der Waals surface area (Å²) in [6.45, 7) is 6.55. The van der Waals surface area contributed by atoms with E-state index in [0.717, 1.165) is 28.8 Å². The molecule has 0 aliphatic rings. The number of aryl methyl sites for hydroxylation is 3. The zero-order chi connectivity index (χ0) is 20.2. The largest absolute Gasteiger partial charge is 0.455 e. The number of fused-ring (bicyclic) bond motifs is 3. The molecule has 2 heteroatoms. The number of aromatic nitrogens is 1. The summed E-state index contributed by atoms with van der Waals surface area (Å²) in [7, 11) is 0. The summed E-state index contributed by atoms with van der Waals surface area (Å²) >= 11 is 0. The van der Waals surface area contributed by atoms with Gasteiger partial charge in [-0.2, -0.15) is 0 Å². The van der Waals surface area contributed by atoms with Crippen LogP contribution in [0.1, 0.15) is 62.1 Å². The van der Waals surface area contributed by atoms with Crippen molar-refractivity contribution >= 4 is 21.9 Å². The molecule has 0 N–H and O–H groups in total. The average molecular weight is 386 g/mol. The van der Waals surface area contributed by atoms with Gasteiger partial charge in [0.15, 0.2) is 0 Å². The van der Waals surface area contributed by atoms with Crippen molar-refractivity contribution in [1.82, 2.24) is 4.98 Å². The number of benzene rings is 2. The molecule has 0 amide bonds. The summed E-state index contributed by atoms with van der Waals surface area (Å²) in [5.41, 5.74) is 7.77. The summed E-state index contributed by atoms with van der Waals surface area (Å²) < 4.78 is 6.28. The fourth-order valence-corrected chi connectivity index (χ4v) is 4.20. The first-order valence-electron chi connectivity index (χ1n) is 11.0. The maximum Gasteiger partial charge on any atom is 0.145 e. The lowest BCUT2D eigenvalue weighted by molar-refractivity contribution is 0.607. The van der Waals surface area contributed by atoms with E-state index >= 15 is 0 Å². The maximum absolute atomic E-state index is 6.28. The van der Waals surface area contributed by atoms with E-state index in [9.17, 15) is 0 Å². The molecule has 2 heterocycles. The SMILES string of the molecule is CCCCCCCCc1ccc(-c2ccc(C)c3c2oc2ccc(C)cc23)nc1. The molecule has 0 fully saturated rings. The van der Waals surface area contributed by atoms with Crippen molar-refractivity contribution in [3.63, 3.8) is 0 Å². The third kappa shape index (κ3) is 4.22. The highest BCUT2D eigenvalue weighted by atomic mass is 16.3. The molecule has 0 saturated carbocycles. The van der Waals surface area contributed by atoms with Crippen LogP contribution in [0.2, 0.25) is 0 Å². The van der Waals surface area contributed by atoms with E-state index in [-0.39, 0.29) is 0 Å². The average Bonchev–Trinajstić information content (AvgIpc) is 3.11. The van der Waals surface area contributed by atoms with E-state index in [4.69, 9.17) is 9.40 Å². The second-order valence-corrected chi connectivity index (χ2v) is 8.31. The van der Waals surface area contributed by atoms with Crippen molar-refractivity contribution in [2.75, 3.05) is 0 Å². The molecule has 0 unspecified atom stereocenters. The van der Waals surface area contributed by atoms with Crippen molar-refractivity contribution < 1.29 is 4.42 Å². The smallest absolute Gasteiger partial charge is 0.145 e. The number of pyridine rings is 1. The van der Waals surface area contributed by atoms with Crippen LogP contribution in [0, 0.1) is 13.8 Å². The zero-order valence-electron chi connectivity index (χ0n) is 17.9. The minimum atomic E-state index is 0.945. The summed E-state index contributed by atoms with van der Waals surface area (Å²) in [6, 6.07) is 15.1. The van der Waals surface area contributed by atoms with Crippen LogP contribution in [0.15, 0.2) is 53.1 Å². The van der Waals surface area contributed by atoms with Gasteiger partial charge < -0.3 is 4.42 Å². The molecule has 0 aliphatic heterocycles. The monoisotopic (exact) mass is 385 g/mol. The molecule has 0 aliphatic carbocycles. The van der Waals surface area contributed by atoms with Crippen molar-refractivity contribution in [3.8, 4) is 11.3 Å². The first-order chi connectivity index (χ1) is 14.2. The van der Waals surface area contributed by atoms with Gasteiger partial charge in [-0.1, -0.05) is 62.8 Å². The molecule has 0 spiro atoms. The van der Waals surface area contributed by atoms with E-state index in [1.807, 2.05) is 6.20 Å². The lowest BCUT2D eigenvalue weighted by atomic mass is 10.0. The molecule has 150 valence electrons. The summed E-state index contributed by atoms with van der Waals surface area (Å²) in [6.07, 6.45) is 11.1. The van der Waals surface area contributed by atoms with Crippen molar-refractivity contribution in [2.45, 2.75) is 65.7 Å². The zero-order valence-corrected chi connectivity index (χ0v) is 17.9. The molecule has 0 atom stereocenters. The van der Waals surface area contributed by atoms with Crippen LogP contribution in [0.25, 0.3) is 33.2 Å². The van der Waals surface area contributed by atoms with Gasteiger partial charge in [0.1, 0.15) is 11.2 Å². The highest BCUT2D eigenvalue weighted by molar-refractivity contribution is 6.11. The van der Waals surface area contributed by atoms with Crippen LogP contribution in [-0.4, -0.2) is 4.98 Å². The fourth-order valence-electron chi connectivity index (χ4n) is 4.20. The molecule has 0 saturated heterocycles. The Hall–Kier alpha value is -2.61. The third-order valence-corrected chi connectivity index (χ3v) is 5.90. The number of furan rings is 1. The molecule has 0 radical (unpaired) electrons. The molecule has 0 bridgehead atoms. The number of hydrogen-bond donors (Lipinski definition) is 0. The van der Waals surface area contributed by atoms with E-state index in [0.29, 0.717) is 0 Å². The molecule has 2 nitrogen and oxygen atoms in total. The Morgan fingerprint density at radius 3 is 2.48 bits per heavy atom. The normalized spacial score (nSPS) is 11.6.